The molecule has 3 nitrogen and oxygen atoms in total. The first-order chi connectivity index (χ1) is 6.84. The molecular weight excluding hydrogens is 176 g/mol. The lowest BCUT2D eigenvalue weighted by atomic mass is 10.2. The lowest BCUT2D eigenvalue weighted by molar-refractivity contribution is 0.0953. The Kier molecular flexibility index (Phi) is 4.69. The van der Waals surface area contributed by atoms with E-state index >= 15 is 0 Å². The standard InChI is InChI=1S/C11H16N2O.H2/c1-2-3-4-7-13-11(14)10-5-8-12-9-6-10;/h5-6,8-9H,2-4,7H2,1H3,(H,13,14);1H. The molecule has 0 aliphatic rings. The van der Waals surface area contributed by atoms with Gasteiger partial charge in [0.25, 0.3) is 5.91 Å². The monoisotopic (exact) mass is 194 g/mol. The molecule has 0 saturated carbocycles. The van der Waals surface area contributed by atoms with E-state index in [-0.39, 0.29) is 7.33 Å². The number of hydrogen-bond acceptors (Lipinski definition) is 2. The van der Waals surface area contributed by atoms with Crippen molar-refractivity contribution in [2.24, 2.45) is 0 Å². The fourth-order valence-electron chi connectivity index (χ4n) is 1.18. The van der Waals surface area contributed by atoms with Crippen LogP contribution in [0.4, 0.5) is 0 Å². The Hall–Kier alpha value is -1.38. The molecular formula is C11H18N2O. The molecule has 1 heterocycles. The molecule has 0 bridgehead atoms. The molecule has 1 N–H and O–H groups in total. The number of nitrogens with one attached hydrogen (secondary N) is 1. The summed E-state index contributed by atoms with van der Waals surface area (Å²) in [5.41, 5.74) is 0.677. The number of carbonyl (C=O) groups excluding carboxylic acids is 1. The summed E-state index contributed by atoms with van der Waals surface area (Å²) in [4.78, 5) is 15.3. The number of nitrogens with zero attached hydrogens (tertiary/aromatic N) is 1. The summed E-state index contributed by atoms with van der Waals surface area (Å²) in [6.07, 6.45) is 6.64. The number of carbonyl (C=O) groups is 1. The quantitative estimate of drug-likeness (QED) is 0.730. The highest BCUT2D eigenvalue weighted by molar-refractivity contribution is 5.93. The van der Waals surface area contributed by atoms with Crippen molar-refractivity contribution >= 4 is 5.91 Å². The third-order valence-corrected chi connectivity index (χ3v) is 2.01. The Morgan fingerprint density at radius 2 is 2.14 bits per heavy atom. The van der Waals surface area contributed by atoms with Crippen LogP contribution in [0.15, 0.2) is 24.5 Å². The minimum Gasteiger partial charge on any atom is -0.352 e. The normalized spacial score (nSPS) is 9.79. The molecule has 1 aromatic rings. The van der Waals surface area contributed by atoms with Gasteiger partial charge < -0.3 is 5.32 Å². The number of aromatic nitrogens is 1. The predicted octanol–water partition coefficient (Wildman–Crippen LogP) is 2.25. The topological polar surface area (TPSA) is 42.0 Å². The maximum atomic E-state index is 11.5. The number of hydrogen-bond donors (Lipinski definition) is 1. The lowest BCUT2D eigenvalue weighted by Gasteiger charge is -2.03. The first kappa shape index (κ1) is 10.7. The van der Waals surface area contributed by atoms with Crippen LogP contribution >= 0.6 is 0 Å². The summed E-state index contributed by atoms with van der Waals surface area (Å²) < 4.78 is 0. The second-order valence-corrected chi connectivity index (χ2v) is 3.20. The summed E-state index contributed by atoms with van der Waals surface area (Å²) in [5.74, 6) is -0.0106. The summed E-state index contributed by atoms with van der Waals surface area (Å²) in [7, 11) is 0. The van der Waals surface area contributed by atoms with Crippen molar-refractivity contribution in [2.75, 3.05) is 6.54 Å². The van der Waals surface area contributed by atoms with Gasteiger partial charge in [-0.3, -0.25) is 9.78 Å². The molecule has 0 aliphatic carbocycles. The third kappa shape index (κ3) is 3.56. The van der Waals surface area contributed by atoms with Gasteiger partial charge in [0, 0.05) is 25.9 Å². The maximum absolute atomic E-state index is 11.5. The molecule has 0 unspecified atom stereocenters. The first-order valence-electron chi connectivity index (χ1n) is 5.03. The summed E-state index contributed by atoms with van der Waals surface area (Å²) >= 11 is 0. The molecule has 1 amide bonds. The lowest BCUT2D eigenvalue weighted by Crippen LogP contribution is -2.24. The van der Waals surface area contributed by atoms with Crippen molar-refractivity contribution in [1.82, 2.24) is 10.3 Å². The van der Waals surface area contributed by atoms with Crippen molar-refractivity contribution in [1.29, 1.82) is 0 Å². The highest BCUT2D eigenvalue weighted by Crippen LogP contribution is 1.96. The Labute approximate surface area is 86.0 Å². The molecule has 1 aromatic heterocycles. The smallest absolute Gasteiger partial charge is 0.251 e. The number of pyridine rings is 1. The van der Waals surface area contributed by atoms with Crippen molar-refractivity contribution in [3.05, 3.63) is 30.1 Å². The fourth-order valence-corrected chi connectivity index (χ4v) is 1.18. The zero-order chi connectivity index (χ0) is 10.2. The Balaban J connectivity index is 0.00000196. The van der Waals surface area contributed by atoms with Crippen LogP contribution in [0.1, 0.15) is 38.0 Å². The van der Waals surface area contributed by atoms with Gasteiger partial charge in [0.05, 0.1) is 0 Å². The van der Waals surface area contributed by atoms with Crippen LogP contribution in [0.5, 0.6) is 0 Å². The van der Waals surface area contributed by atoms with Gasteiger partial charge in [-0.2, -0.15) is 0 Å². The first-order valence-corrected chi connectivity index (χ1v) is 5.03. The molecule has 78 valence electrons. The molecule has 0 aromatic carbocycles. The van der Waals surface area contributed by atoms with Gasteiger partial charge in [-0.1, -0.05) is 19.8 Å². The number of amides is 1. The molecule has 0 radical (unpaired) electrons. The maximum Gasteiger partial charge on any atom is 0.251 e. The summed E-state index contributed by atoms with van der Waals surface area (Å²) in [6, 6.07) is 3.43. The second kappa shape index (κ2) is 6.13. The van der Waals surface area contributed by atoms with Crippen molar-refractivity contribution in [3.8, 4) is 0 Å². The van der Waals surface area contributed by atoms with E-state index in [1.54, 1.807) is 24.5 Å². The van der Waals surface area contributed by atoms with Crippen LogP contribution < -0.4 is 5.32 Å². The highest BCUT2D eigenvalue weighted by Gasteiger charge is 2.02. The number of unbranched alkanes of at least 4 members (excludes halogenated alkanes) is 2. The second-order valence-electron chi connectivity index (χ2n) is 3.20. The van der Waals surface area contributed by atoms with Gasteiger partial charge in [-0.05, 0) is 18.6 Å². The van der Waals surface area contributed by atoms with Gasteiger partial charge in [-0.25, -0.2) is 0 Å². The van der Waals surface area contributed by atoms with Crippen LogP contribution in [0.3, 0.4) is 0 Å². The minimum absolute atomic E-state index is 0. The van der Waals surface area contributed by atoms with Gasteiger partial charge in [-0.15, -0.1) is 0 Å². The zero-order valence-electron chi connectivity index (χ0n) is 8.49. The minimum atomic E-state index is -0.0106. The molecule has 14 heavy (non-hydrogen) atoms. The van der Waals surface area contributed by atoms with Crippen LogP contribution in [0.25, 0.3) is 0 Å². The van der Waals surface area contributed by atoms with E-state index in [1.165, 1.54) is 6.42 Å². The Bertz CT molecular complexity index is 277. The molecule has 1 rings (SSSR count). The van der Waals surface area contributed by atoms with E-state index < -0.39 is 0 Å². The van der Waals surface area contributed by atoms with Gasteiger partial charge in [0.2, 0.25) is 0 Å². The Morgan fingerprint density at radius 3 is 2.79 bits per heavy atom. The molecule has 0 aliphatic heterocycles. The van der Waals surface area contributed by atoms with E-state index in [9.17, 15) is 4.79 Å². The molecule has 0 atom stereocenters. The average molecular weight is 194 g/mol. The number of rotatable bonds is 5. The van der Waals surface area contributed by atoms with E-state index in [1.807, 2.05) is 0 Å². The van der Waals surface area contributed by atoms with Crippen LogP contribution in [-0.2, 0) is 0 Å². The molecule has 3 heteroatoms. The van der Waals surface area contributed by atoms with Crippen LogP contribution in [-0.4, -0.2) is 17.4 Å². The fraction of sp³-hybridized carbons (Fsp3) is 0.455. The van der Waals surface area contributed by atoms with Gasteiger partial charge in [0.1, 0.15) is 0 Å². The summed E-state index contributed by atoms with van der Waals surface area (Å²) in [6.45, 7) is 2.90. The van der Waals surface area contributed by atoms with Gasteiger partial charge >= 0.3 is 0 Å². The Morgan fingerprint density at radius 1 is 1.43 bits per heavy atom. The molecule has 0 saturated heterocycles. The third-order valence-electron chi connectivity index (χ3n) is 2.01. The van der Waals surface area contributed by atoms with E-state index in [0.717, 1.165) is 19.4 Å². The van der Waals surface area contributed by atoms with Crippen molar-refractivity contribution < 1.29 is 6.22 Å². The largest absolute Gasteiger partial charge is 0.352 e. The average Bonchev–Trinajstić information content (AvgIpc) is 2.25. The zero-order valence-corrected chi connectivity index (χ0v) is 8.49. The van der Waals surface area contributed by atoms with Crippen molar-refractivity contribution in [3.63, 3.8) is 0 Å². The SMILES string of the molecule is CCCCCNC(=O)c1ccncc1.[HH]. The van der Waals surface area contributed by atoms with E-state index in [2.05, 4.69) is 17.2 Å². The molecule has 0 spiro atoms. The molecule has 0 fully saturated rings. The van der Waals surface area contributed by atoms with Crippen LogP contribution in [0.2, 0.25) is 0 Å². The van der Waals surface area contributed by atoms with Crippen molar-refractivity contribution in [2.45, 2.75) is 26.2 Å². The predicted molar refractivity (Wildman–Crippen MR) is 58.2 cm³/mol. The van der Waals surface area contributed by atoms with E-state index in [0.29, 0.717) is 5.56 Å². The highest BCUT2D eigenvalue weighted by atomic mass is 16.1. The summed E-state index contributed by atoms with van der Waals surface area (Å²) in [5, 5.41) is 2.87. The van der Waals surface area contributed by atoms with Gasteiger partial charge in [0.15, 0.2) is 0 Å². The van der Waals surface area contributed by atoms with Crippen LogP contribution in [0, 0.1) is 0 Å². The van der Waals surface area contributed by atoms with E-state index in [4.69, 9.17) is 0 Å².